The number of alkyl halides is 2. The largest absolute Gasteiger partial charge is 0.254 e. The maximum Gasteiger partial charge on any atom is 0.254 e. The highest BCUT2D eigenvalue weighted by molar-refractivity contribution is 4.91. The lowest BCUT2D eigenvalue weighted by Crippen LogP contribution is -2.14. The lowest BCUT2D eigenvalue weighted by atomic mass is 10.1. The Morgan fingerprint density at radius 2 is 2.00 bits per heavy atom. The Morgan fingerprint density at radius 3 is 2.12 bits per heavy atom. The third-order valence-electron chi connectivity index (χ3n) is 0.861. The minimum atomic E-state index is -2.66. The molecule has 0 nitrogen and oxygen atoms in total. The van der Waals surface area contributed by atoms with Crippen molar-refractivity contribution in [2.75, 3.05) is 0 Å². The van der Waals surface area contributed by atoms with Crippen LogP contribution in [0.5, 0.6) is 0 Å². The van der Waals surface area contributed by atoms with Crippen LogP contribution in [0.3, 0.4) is 0 Å². The van der Waals surface area contributed by atoms with Crippen molar-refractivity contribution in [2.45, 2.75) is 26.2 Å². The minimum absolute atomic E-state index is 0.414. The molecule has 2 radical (unpaired) electrons. The van der Waals surface area contributed by atoms with E-state index in [1.165, 1.54) is 6.92 Å². The highest BCUT2D eigenvalue weighted by atomic mass is 19.3. The molecule has 0 N–H and O–H groups in total. The van der Waals surface area contributed by atoms with Gasteiger partial charge in [0.1, 0.15) is 0 Å². The van der Waals surface area contributed by atoms with E-state index in [0.29, 0.717) is 6.42 Å². The summed E-state index contributed by atoms with van der Waals surface area (Å²) in [6.07, 6.45) is 2.28. The summed E-state index contributed by atoms with van der Waals surface area (Å²) in [5.74, 6) is -2.66. The molecule has 0 heterocycles. The zero-order valence-electron chi connectivity index (χ0n) is 5.12. The van der Waals surface area contributed by atoms with Gasteiger partial charge in [-0.05, 0) is 6.42 Å². The van der Waals surface area contributed by atoms with E-state index >= 15 is 0 Å². The lowest BCUT2D eigenvalue weighted by molar-refractivity contribution is 0.0710. The van der Waals surface area contributed by atoms with Gasteiger partial charge in [-0.15, -0.1) is 0 Å². The quantitative estimate of drug-likeness (QED) is 0.536. The van der Waals surface area contributed by atoms with Crippen molar-refractivity contribution in [2.24, 2.45) is 0 Å². The number of hydrogen-bond donors (Lipinski definition) is 0. The van der Waals surface area contributed by atoms with Gasteiger partial charge in [-0.25, -0.2) is 8.78 Å². The van der Waals surface area contributed by atoms with Gasteiger partial charge in [0.25, 0.3) is 5.92 Å². The van der Waals surface area contributed by atoms with E-state index in [1.807, 2.05) is 0 Å². The second-order valence-electron chi connectivity index (χ2n) is 1.58. The summed E-state index contributed by atoms with van der Waals surface area (Å²) < 4.78 is 24.1. The molecule has 0 unspecified atom stereocenters. The van der Waals surface area contributed by atoms with Gasteiger partial charge in [0.15, 0.2) is 0 Å². The molecule has 0 aliphatic heterocycles. The van der Waals surface area contributed by atoms with Crippen LogP contribution >= 0.6 is 0 Å². The predicted octanol–water partition coefficient (Wildman–Crippen LogP) is 2.46. The Morgan fingerprint density at radius 1 is 1.50 bits per heavy atom. The van der Waals surface area contributed by atoms with Crippen LogP contribution in [0.25, 0.3) is 0 Å². The molecule has 0 aliphatic rings. The minimum Gasteiger partial charge on any atom is -0.206 e. The van der Waals surface area contributed by atoms with E-state index in [1.54, 1.807) is 6.92 Å². The molecule has 0 aliphatic carbocycles. The van der Waals surface area contributed by atoms with Crippen molar-refractivity contribution >= 4 is 0 Å². The van der Waals surface area contributed by atoms with Crippen LogP contribution in [0.2, 0.25) is 0 Å². The van der Waals surface area contributed by atoms with Crippen molar-refractivity contribution in [3.8, 4) is 0 Å². The molecule has 0 fully saturated rings. The molecule has 0 saturated heterocycles. The molecule has 8 heavy (non-hydrogen) atoms. The number of halogens is 2. The van der Waals surface area contributed by atoms with Crippen molar-refractivity contribution in [3.05, 3.63) is 12.8 Å². The first-order valence-electron chi connectivity index (χ1n) is 2.65. The smallest absolute Gasteiger partial charge is 0.206 e. The standard InChI is InChI=1S/C6H10F2/c1-3-5-6(7,8)4-2/h4-5H,3H2,1-2H3. The first-order chi connectivity index (χ1) is 3.62. The summed E-state index contributed by atoms with van der Waals surface area (Å²) >= 11 is 0. The first kappa shape index (κ1) is 7.86. The second kappa shape index (κ2) is 3.00. The van der Waals surface area contributed by atoms with Crippen molar-refractivity contribution in [1.29, 1.82) is 0 Å². The molecule has 0 rings (SSSR count). The fourth-order valence-corrected chi connectivity index (χ4v) is 0.390. The van der Waals surface area contributed by atoms with Crippen LogP contribution in [-0.2, 0) is 0 Å². The Kier molecular flexibility index (Phi) is 2.95. The fraction of sp³-hybridized carbons (Fsp3) is 0.667. The molecule has 0 aromatic rings. The monoisotopic (exact) mass is 120 g/mol. The molecule has 0 aromatic heterocycles. The average Bonchev–Trinajstić information content (AvgIpc) is 1.67. The van der Waals surface area contributed by atoms with E-state index in [4.69, 9.17) is 0 Å². The summed E-state index contributed by atoms with van der Waals surface area (Å²) in [4.78, 5) is 0. The Labute approximate surface area is 48.9 Å². The average molecular weight is 120 g/mol. The van der Waals surface area contributed by atoms with Crippen LogP contribution < -0.4 is 0 Å². The lowest BCUT2D eigenvalue weighted by Gasteiger charge is -2.09. The molecule has 0 bridgehead atoms. The van der Waals surface area contributed by atoms with Crippen molar-refractivity contribution in [1.82, 2.24) is 0 Å². The Bertz CT molecular complexity index is 59.5. The number of hydrogen-bond acceptors (Lipinski definition) is 0. The SMILES string of the molecule is C[CH]C(F)(F)[CH]CC. The predicted molar refractivity (Wildman–Crippen MR) is 29.5 cm³/mol. The van der Waals surface area contributed by atoms with Gasteiger partial charge >= 0.3 is 0 Å². The summed E-state index contributed by atoms with van der Waals surface area (Å²) in [7, 11) is 0. The molecule has 2 heteroatoms. The maximum absolute atomic E-state index is 12.0. The zero-order valence-corrected chi connectivity index (χ0v) is 5.12. The van der Waals surface area contributed by atoms with Crippen LogP contribution in [0.15, 0.2) is 0 Å². The normalized spacial score (nSPS) is 12.0. The Balaban J connectivity index is 3.37. The van der Waals surface area contributed by atoms with Gasteiger partial charge < -0.3 is 0 Å². The van der Waals surface area contributed by atoms with Crippen LogP contribution in [0, 0.1) is 12.8 Å². The molecule has 0 saturated carbocycles. The summed E-state index contributed by atoms with van der Waals surface area (Å²) in [6.45, 7) is 3.05. The van der Waals surface area contributed by atoms with Gasteiger partial charge in [0.05, 0.1) is 0 Å². The van der Waals surface area contributed by atoms with Gasteiger partial charge in [-0.2, -0.15) is 0 Å². The maximum atomic E-state index is 12.0. The van der Waals surface area contributed by atoms with Gasteiger partial charge in [0, 0.05) is 12.8 Å². The highest BCUT2D eigenvalue weighted by Crippen LogP contribution is 2.21. The van der Waals surface area contributed by atoms with E-state index in [9.17, 15) is 8.78 Å². The first-order valence-corrected chi connectivity index (χ1v) is 2.65. The molecule has 48 valence electrons. The van der Waals surface area contributed by atoms with Gasteiger partial charge in [-0.1, -0.05) is 13.8 Å². The van der Waals surface area contributed by atoms with E-state index < -0.39 is 5.92 Å². The topological polar surface area (TPSA) is 0 Å². The van der Waals surface area contributed by atoms with Gasteiger partial charge in [0.2, 0.25) is 0 Å². The van der Waals surface area contributed by atoms with Crippen LogP contribution in [-0.4, -0.2) is 5.92 Å². The summed E-state index contributed by atoms with van der Waals surface area (Å²) in [5, 5.41) is 0. The van der Waals surface area contributed by atoms with E-state index in [-0.39, 0.29) is 0 Å². The van der Waals surface area contributed by atoms with E-state index in [0.717, 1.165) is 12.8 Å². The molecule has 0 atom stereocenters. The fourth-order valence-electron chi connectivity index (χ4n) is 0.390. The van der Waals surface area contributed by atoms with Crippen LogP contribution in [0.4, 0.5) is 8.78 Å². The second-order valence-corrected chi connectivity index (χ2v) is 1.58. The summed E-state index contributed by atoms with van der Waals surface area (Å²) in [6, 6.07) is 0. The highest BCUT2D eigenvalue weighted by Gasteiger charge is 2.24. The zero-order chi connectivity index (χ0) is 6.62. The molecular weight excluding hydrogens is 110 g/mol. The molecule has 0 spiro atoms. The summed E-state index contributed by atoms with van der Waals surface area (Å²) in [5.41, 5.74) is 0. The van der Waals surface area contributed by atoms with Crippen LogP contribution in [0.1, 0.15) is 20.3 Å². The van der Waals surface area contributed by atoms with E-state index in [2.05, 4.69) is 0 Å². The third kappa shape index (κ3) is 2.94. The third-order valence-corrected chi connectivity index (χ3v) is 0.861. The number of rotatable bonds is 3. The molecular formula is C6H10F2. The van der Waals surface area contributed by atoms with Crippen molar-refractivity contribution < 1.29 is 8.78 Å². The Hall–Kier alpha value is -0.140. The molecule has 0 aromatic carbocycles. The van der Waals surface area contributed by atoms with Gasteiger partial charge in [-0.3, -0.25) is 0 Å². The van der Waals surface area contributed by atoms with Crippen molar-refractivity contribution in [3.63, 3.8) is 0 Å². The molecule has 0 amide bonds.